The molecule has 22 heavy (non-hydrogen) atoms. The lowest BCUT2D eigenvalue weighted by Crippen LogP contribution is -2.19. The van der Waals surface area contributed by atoms with Gasteiger partial charge in [0.1, 0.15) is 5.82 Å². The molecule has 3 aromatic carbocycles. The number of hydrogen-bond donors (Lipinski definition) is 1. The van der Waals surface area contributed by atoms with Crippen LogP contribution in [0.25, 0.3) is 10.8 Å². The van der Waals surface area contributed by atoms with Gasteiger partial charge in [-0.3, -0.25) is 0 Å². The fourth-order valence-corrected chi connectivity index (χ4v) is 2.84. The predicted molar refractivity (Wildman–Crippen MR) is 90.3 cm³/mol. The zero-order chi connectivity index (χ0) is 15.5. The van der Waals surface area contributed by atoms with E-state index in [0.29, 0.717) is 12.1 Å². The van der Waals surface area contributed by atoms with Gasteiger partial charge in [0.15, 0.2) is 0 Å². The Bertz CT molecular complexity index is 789. The lowest BCUT2D eigenvalue weighted by molar-refractivity contribution is 0.546. The standard InChI is InChI=1S/C20H20FN/c1-14-10-11-20(21)17(12-14)13-22-15(2)18-9-5-7-16-6-3-4-8-19(16)18/h3-12,15,22H,13H2,1-2H3. The Morgan fingerprint density at radius 3 is 2.64 bits per heavy atom. The van der Waals surface area contributed by atoms with Crippen LogP contribution in [-0.2, 0) is 6.54 Å². The normalized spacial score (nSPS) is 12.5. The maximum absolute atomic E-state index is 13.8. The van der Waals surface area contributed by atoms with Gasteiger partial charge in [0.2, 0.25) is 0 Å². The van der Waals surface area contributed by atoms with Crippen LogP contribution in [0.4, 0.5) is 4.39 Å². The monoisotopic (exact) mass is 293 g/mol. The van der Waals surface area contributed by atoms with E-state index in [1.165, 1.54) is 22.4 Å². The van der Waals surface area contributed by atoms with Gasteiger partial charge in [-0.2, -0.15) is 0 Å². The molecule has 1 atom stereocenters. The molecule has 112 valence electrons. The van der Waals surface area contributed by atoms with E-state index in [0.717, 1.165) is 5.56 Å². The molecule has 0 aliphatic heterocycles. The molecule has 0 aliphatic carbocycles. The van der Waals surface area contributed by atoms with Gasteiger partial charge in [0.25, 0.3) is 0 Å². The van der Waals surface area contributed by atoms with E-state index < -0.39 is 0 Å². The molecule has 0 aliphatic rings. The molecular formula is C20H20FN. The first kappa shape index (κ1) is 14.7. The van der Waals surface area contributed by atoms with Gasteiger partial charge >= 0.3 is 0 Å². The molecule has 3 aromatic rings. The summed E-state index contributed by atoms with van der Waals surface area (Å²) in [6.07, 6.45) is 0. The largest absolute Gasteiger partial charge is 0.306 e. The van der Waals surface area contributed by atoms with Crippen LogP contribution in [0.2, 0.25) is 0 Å². The summed E-state index contributed by atoms with van der Waals surface area (Å²) in [5, 5.41) is 5.91. The molecular weight excluding hydrogens is 273 g/mol. The Kier molecular flexibility index (Phi) is 4.21. The summed E-state index contributed by atoms with van der Waals surface area (Å²) in [6.45, 7) is 4.63. The van der Waals surface area contributed by atoms with Crippen LogP contribution >= 0.6 is 0 Å². The molecule has 1 unspecified atom stereocenters. The third kappa shape index (κ3) is 3.02. The molecule has 0 fully saturated rings. The lowest BCUT2D eigenvalue weighted by atomic mass is 9.99. The number of fused-ring (bicyclic) bond motifs is 1. The zero-order valence-electron chi connectivity index (χ0n) is 12.9. The van der Waals surface area contributed by atoms with Crippen molar-refractivity contribution in [3.8, 4) is 0 Å². The molecule has 0 saturated carbocycles. The Morgan fingerprint density at radius 2 is 1.77 bits per heavy atom. The highest BCUT2D eigenvalue weighted by Gasteiger charge is 2.10. The maximum Gasteiger partial charge on any atom is 0.127 e. The molecule has 2 heteroatoms. The van der Waals surface area contributed by atoms with Crippen molar-refractivity contribution in [1.82, 2.24) is 5.32 Å². The molecule has 0 amide bonds. The van der Waals surface area contributed by atoms with Crippen LogP contribution in [0.5, 0.6) is 0 Å². The Morgan fingerprint density at radius 1 is 1.00 bits per heavy atom. The van der Waals surface area contributed by atoms with E-state index in [2.05, 4.69) is 48.6 Å². The number of rotatable bonds is 4. The molecule has 0 saturated heterocycles. The number of halogens is 1. The van der Waals surface area contributed by atoms with Gasteiger partial charge in [-0.1, -0.05) is 60.2 Å². The predicted octanol–water partition coefficient (Wildman–Crippen LogP) is 5.14. The summed E-state index contributed by atoms with van der Waals surface area (Å²) in [5.41, 5.74) is 3.04. The Labute approximate surface area is 130 Å². The number of aryl methyl sites for hydroxylation is 1. The fourth-order valence-electron chi connectivity index (χ4n) is 2.84. The second-order valence-electron chi connectivity index (χ2n) is 5.77. The zero-order valence-corrected chi connectivity index (χ0v) is 12.9. The average Bonchev–Trinajstić information content (AvgIpc) is 2.55. The molecule has 0 aromatic heterocycles. The summed E-state index contributed by atoms with van der Waals surface area (Å²) in [6, 6.07) is 20.1. The minimum absolute atomic E-state index is 0.150. The van der Waals surface area contributed by atoms with Gasteiger partial charge in [-0.05, 0) is 36.2 Å². The average molecular weight is 293 g/mol. The molecule has 3 rings (SSSR count). The van der Waals surface area contributed by atoms with Gasteiger partial charge in [0.05, 0.1) is 0 Å². The van der Waals surface area contributed by atoms with Crippen molar-refractivity contribution >= 4 is 10.8 Å². The summed E-state index contributed by atoms with van der Waals surface area (Å²) >= 11 is 0. The third-order valence-corrected chi connectivity index (χ3v) is 4.09. The fraction of sp³-hybridized carbons (Fsp3) is 0.200. The number of nitrogens with one attached hydrogen (secondary N) is 1. The highest BCUT2D eigenvalue weighted by molar-refractivity contribution is 5.86. The van der Waals surface area contributed by atoms with Crippen LogP contribution in [0.1, 0.15) is 29.7 Å². The van der Waals surface area contributed by atoms with Crippen molar-refractivity contribution in [2.45, 2.75) is 26.4 Å². The van der Waals surface area contributed by atoms with Crippen molar-refractivity contribution in [2.24, 2.45) is 0 Å². The van der Waals surface area contributed by atoms with Gasteiger partial charge in [0, 0.05) is 18.2 Å². The summed E-state index contributed by atoms with van der Waals surface area (Å²) < 4.78 is 13.8. The van der Waals surface area contributed by atoms with E-state index in [-0.39, 0.29) is 11.9 Å². The van der Waals surface area contributed by atoms with Crippen LogP contribution < -0.4 is 5.32 Å². The van der Waals surface area contributed by atoms with Gasteiger partial charge in [-0.15, -0.1) is 0 Å². The van der Waals surface area contributed by atoms with E-state index in [4.69, 9.17) is 0 Å². The van der Waals surface area contributed by atoms with E-state index in [1.807, 2.05) is 19.1 Å². The highest BCUT2D eigenvalue weighted by Crippen LogP contribution is 2.24. The Balaban J connectivity index is 1.82. The third-order valence-electron chi connectivity index (χ3n) is 4.09. The summed E-state index contributed by atoms with van der Waals surface area (Å²) in [5.74, 6) is -0.150. The van der Waals surface area contributed by atoms with Crippen LogP contribution in [0.3, 0.4) is 0 Å². The smallest absolute Gasteiger partial charge is 0.127 e. The molecule has 0 heterocycles. The van der Waals surface area contributed by atoms with Gasteiger partial charge < -0.3 is 5.32 Å². The number of benzene rings is 3. The highest BCUT2D eigenvalue weighted by atomic mass is 19.1. The van der Waals surface area contributed by atoms with Crippen molar-refractivity contribution in [3.63, 3.8) is 0 Å². The first-order valence-corrected chi connectivity index (χ1v) is 7.61. The van der Waals surface area contributed by atoms with E-state index in [9.17, 15) is 4.39 Å². The molecule has 0 radical (unpaired) electrons. The molecule has 0 spiro atoms. The van der Waals surface area contributed by atoms with E-state index >= 15 is 0 Å². The topological polar surface area (TPSA) is 12.0 Å². The van der Waals surface area contributed by atoms with Crippen molar-refractivity contribution < 1.29 is 4.39 Å². The quantitative estimate of drug-likeness (QED) is 0.702. The Hall–Kier alpha value is -2.19. The lowest BCUT2D eigenvalue weighted by Gasteiger charge is -2.17. The van der Waals surface area contributed by atoms with Crippen LogP contribution in [-0.4, -0.2) is 0 Å². The molecule has 1 N–H and O–H groups in total. The minimum Gasteiger partial charge on any atom is -0.306 e. The van der Waals surface area contributed by atoms with Crippen LogP contribution in [0, 0.1) is 12.7 Å². The minimum atomic E-state index is -0.150. The second-order valence-corrected chi connectivity index (χ2v) is 5.77. The van der Waals surface area contributed by atoms with E-state index in [1.54, 1.807) is 6.07 Å². The second kappa shape index (κ2) is 6.29. The SMILES string of the molecule is Cc1ccc(F)c(CNC(C)c2cccc3ccccc23)c1. The van der Waals surface area contributed by atoms with Crippen molar-refractivity contribution in [2.75, 3.05) is 0 Å². The van der Waals surface area contributed by atoms with Crippen molar-refractivity contribution in [3.05, 3.63) is 83.2 Å². The molecule has 0 bridgehead atoms. The summed E-state index contributed by atoms with van der Waals surface area (Å²) in [7, 11) is 0. The van der Waals surface area contributed by atoms with Crippen LogP contribution in [0.15, 0.2) is 60.7 Å². The first-order chi connectivity index (χ1) is 10.6. The molecule has 1 nitrogen and oxygen atoms in total. The summed E-state index contributed by atoms with van der Waals surface area (Å²) in [4.78, 5) is 0. The number of hydrogen-bond acceptors (Lipinski definition) is 1. The van der Waals surface area contributed by atoms with Crippen molar-refractivity contribution in [1.29, 1.82) is 0 Å². The first-order valence-electron chi connectivity index (χ1n) is 7.61. The van der Waals surface area contributed by atoms with Gasteiger partial charge in [-0.25, -0.2) is 4.39 Å². The maximum atomic E-state index is 13.8.